The molecule has 0 spiro atoms. The van der Waals surface area contributed by atoms with Gasteiger partial charge in [-0.25, -0.2) is 0 Å². The molecule has 0 rings (SSSR count). The van der Waals surface area contributed by atoms with Gasteiger partial charge in [0.2, 0.25) is 0 Å². The summed E-state index contributed by atoms with van der Waals surface area (Å²) in [6, 6.07) is 0. The third-order valence-electron chi connectivity index (χ3n) is 1.58. The molecule has 0 heterocycles. The third kappa shape index (κ3) is 5.76. The quantitative estimate of drug-likeness (QED) is 0.453. The molecule has 0 amide bonds. The minimum absolute atomic E-state index is 0.161. The van der Waals surface area contributed by atoms with Gasteiger partial charge < -0.3 is 9.90 Å². The van der Waals surface area contributed by atoms with Crippen LogP contribution in [0, 0.1) is 0 Å². The van der Waals surface area contributed by atoms with E-state index in [2.05, 4.69) is 0 Å². The van der Waals surface area contributed by atoms with E-state index in [1.807, 2.05) is 6.92 Å². The first-order valence-corrected chi connectivity index (χ1v) is 3.93. The Morgan fingerprint density at radius 2 is 2.20 bits per heavy atom. The largest absolute Gasteiger partial charge is 0.393 e. The van der Waals surface area contributed by atoms with Crippen LogP contribution >= 0.6 is 0 Å². The molecule has 60 valence electrons. The number of aliphatic hydroxyl groups excluding tert-OH is 1. The van der Waals surface area contributed by atoms with Gasteiger partial charge in [0.1, 0.15) is 6.29 Å². The fourth-order valence-electron chi connectivity index (χ4n) is 0.812. The Bertz CT molecular complexity index is 81.3. The van der Waals surface area contributed by atoms with Gasteiger partial charge in [0.25, 0.3) is 0 Å². The van der Waals surface area contributed by atoms with Crippen LogP contribution in [0.2, 0.25) is 0 Å². The maximum atomic E-state index is 9.86. The molecule has 0 aromatic carbocycles. The molecule has 0 aromatic rings. The van der Waals surface area contributed by atoms with Gasteiger partial charge in [-0.15, -0.1) is 0 Å². The molecule has 1 atom stereocenters. The van der Waals surface area contributed by atoms with E-state index in [0.717, 1.165) is 32.0 Å². The fraction of sp³-hybridized carbons (Fsp3) is 0.875. The third-order valence-corrected chi connectivity index (χ3v) is 1.58. The van der Waals surface area contributed by atoms with Crippen molar-refractivity contribution in [2.24, 2.45) is 0 Å². The highest BCUT2D eigenvalue weighted by Gasteiger charge is 1.98. The van der Waals surface area contributed by atoms with Crippen LogP contribution in [0.3, 0.4) is 0 Å². The van der Waals surface area contributed by atoms with E-state index >= 15 is 0 Å². The number of hydrogen-bond donors (Lipinski definition) is 1. The monoisotopic (exact) mass is 144 g/mol. The van der Waals surface area contributed by atoms with E-state index in [1.54, 1.807) is 0 Å². The summed E-state index contributed by atoms with van der Waals surface area (Å²) in [5.74, 6) is 0. The molecule has 0 aromatic heterocycles. The molecule has 2 nitrogen and oxygen atoms in total. The Morgan fingerprint density at radius 3 is 2.70 bits per heavy atom. The molecule has 0 aliphatic rings. The normalized spacial score (nSPS) is 13.0. The first-order valence-electron chi connectivity index (χ1n) is 3.93. The van der Waals surface area contributed by atoms with Gasteiger partial charge in [-0.1, -0.05) is 13.3 Å². The lowest BCUT2D eigenvalue weighted by Crippen LogP contribution is -2.03. The number of hydrogen-bond acceptors (Lipinski definition) is 2. The maximum absolute atomic E-state index is 9.86. The molecule has 0 saturated heterocycles. The zero-order valence-corrected chi connectivity index (χ0v) is 6.55. The molecular formula is C8H16O2. The van der Waals surface area contributed by atoms with Crippen LogP contribution in [-0.4, -0.2) is 17.5 Å². The van der Waals surface area contributed by atoms with Crippen molar-refractivity contribution in [2.75, 3.05) is 0 Å². The molecule has 0 fully saturated rings. The second kappa shape index (κ2) is 6.75. The van der Waals surface area contributed by atoms with Crippen molar-refractivity contribution >= 4 is 6.29 Å². The lowest BCUT2D eigenvalue weighted by atomic mass is 10.1. The number of aliphatic hydroxyl groups is 1. The molecule has 0 saturated carbocycles. The zero-order chi connectivity index (χ0) is 7.82. The highest BCUT2D eigenvalue weighted by atomic mass is 16.3. The lowest BCUT2D eigenvalue weighted by molar-refractivity contribution is -0.107. The average molecular weight is 144 g/mol. The van der Waals surface area contributed by atoms with Gasteiger partial charge in [-0.05, 0) is 19.3 Å². The molecule has 0 aliphatic carbocycles. The Kier molecular flexibility index (Phi) is 6.50. The van der Waals surface area contributed by atoms with Crippen LogP contribution in [-0.2, 0) is 4.79 Å². The smallest absolute Gasteiger partial charge is 0.119 e. The first-order chi connectivity index (χ1) is 4.81. The highest BCUT2D eigenvalue weighted by molar-refractivity contribution is 5.48. The molecule has 0 bridgehead atoms. The van der Waals surface area contributed by atoms with Crippen LogP contribution in [0.25, 0.3) is 0 Å². The van der Waals surface area contributed by atoms with Crippen molar-refractivity contribution in [3.05, 3.63) is 0 Å². The van der Waals surface area contributed by atoms with E-state index in [4.69, 9.17) is 5.11 Å². The lowest BCUT2D eigenvalue weighted by Gasteiger charge is -2.04. The number of carbonyl (C=O) groups is 1. The molecule has 1 N–H and O–H groups in total. The van der Waals surface area contributed by atoms with Crippen molar-refractivity contribution in [1.82, 2.24) is 0 Å². The summed E-state index contributed by atoms with van der Waals surface area (Å²) in [4.78, 5) is 9.86. The first kappa shape index (κ1) is 9.63. The van der Waals surface area contributed by atoms with Crippen LogP contribution in [0.1, 0.15) is 39.0 Å². The van der Waals surface area contributed by atoms with Gasteiger partial charge in [0.15, 0.2) is 0 Å². The minimum Gasteiger partial charge on any atom is -0.393 e. The predicted octanol–water partition coefficient (Wildman–Crippen LogP) is 1.52. The molecule has 10 heavy (non-hydrogen) atoms. The second-order valence-electron chi connectivity index (χ2n) is 2.51. The minimum atomic E-state index is -0.161. The topological polar surface area (TPSA) is 37.3 Å². The summed E-state index contributed by atoms with van der Waals surface area (Å²) >= 11 is 0. The Labute approximate surface area is 62.2 Å². The van der Waals surface area contributed by atoms with Crippen LogP contribution in [0.15, 0.2) is 0 Å². The van der Waals surface area contributed by atoms with Crippen molar-refractivity contribution < 1.29 is 9.90 Å². The van der Waals surface area contributed by atoms with Gasteiger partial charge in [0, 0.05) is 6.42 Å². The van der Waals surface area contributed by atoms with Crippen molar-refractivity contribution in [1.29, 1.82) is 0 Å². The number of carbonyl (C=O) groups excluding carboxylic acids is 1. The van der Waals surface area contributed by atoms with E-state index in [0.29, 0.717) is 6.42 Å². The Balaban J connectivity index is 2.95. The molecule has 0 radical (unpaired) electrons. The number of aldehydes is 1. The van der Waals surface area contributed by atoms with Gasteiger partial charge in [-0.3, -0.25) is 0 Å². The van der Waals surface area contributed by atoms with Crippen molar-refractivity contribution in [2.45, 2.75) is 45.1 Å². The SMILES string of the molecule is CCC(O)CCCCC=O. The van der Waals surface area contributed by atoms with Gasteiger partial charge in [-0.2, -0.15) is 0 Å². The number of rotatable bonds is 6. The predicted molar refractivity (Wildman–Crippen MR) is 40.8 cm³/mol. The standard InChI is InChI=1S/C8H16O2/c1-2-8(10)6-4-3-5-7-9/h7-8,10H,2-6H2,1H3. The fourth-order valence-corrected chi connectivity index (χ4v) is 0.812. The maximum Gasteiger partial charge on any atom is 0.119 e. The second-order valence-corrected chi connectivity index (χ2v) is 2.51. The Hall–Kier alpha value is -0.370. The van der Waals surface area contributed by atoms with Gasteiger partial charge >= 0.3 is 0 Å². The summed E-state index contributed by atoms with van der Waals surface area (Å²) in [5.41, 5.74) is 0. The van der Waals surface area contributed by atoms with Crippen molar-refractivity contribution in [3.63, 3.8) is 0 Å². The van der Waals surface area contributed by atoms with Gasteiger partial charge in [0.05, 0.1) is 6.10 Å². The number of unbranched alkanes of at least 4 members (excludes halogenated alkanes) is 2. The molecule has 2 heteroatoms. The molecule has 1 unspecified atom stereocenters. The summed E-state index contributed by atoms with van der Waals surface area (Å²) < 4.78 is 0. The Morgan fingerprint density at radius 1 is 1.50 bits per heavy atom. The average Bonchev–Trinajstić information content (AvgIpc) is 1.98. The summed E-state index contributed by atoms with van der Waals surface area (Å²) in [6.07, 6.45) is 4.95. The van der Waals surface area contributed by atoms with Crippen LogP contribution < -0.4 is 0 Å². The molecular weight excluding hydrogens is 128 g/mol. The highest BCUT2D eigenvalue weighted by Crippen LogP contribution is 2.04. The van der Waals surface area contributed by atoms with E-state index in [1.165, 1.54) is 0 Å². The summed E-state index contributed by atoms with van der Waals surface area (Å²) in [7, 11) is 0. The van der Waals surface area contributed by atoms with E-state index in [9.17, 15) is 4.79 Å². The molecule has 0 aliphatic heterocycles. The zero-order valence-electron chi connectivity index (χ0n) is 6.55. The van der Waals surface area contributed by atoms with Crippen LogP contribution in [0.4, 0.5) is 0 Å². The summed E-state index contributed by atoms with van der Waals surface area (Å²) in [6.45, 7) is 1.96. The summed E-state index contributed by atoms with van der Waals surface area (Å²) in [5, 5.41) is 9.07. The van der Waals surface area contributed by atoms with E-state index < -0.39 is 0 Å². The van der Waals surface area contributed by atoms with Crippen molar-refractivity contribution in [3.8, 4) is 0 Å². The van der Waals surface area contributed by atoms with E-state index in [-0.39, 0.29) is 6.10 Å². The van der Waals surface area contributed by atoms with Crippen LogP contribution in [0.5, 0.6) is 0 Å².